The minimum atomic E-state index is 0.714. The fourth-order valence-corrected chi connectivity index (χ4v) is 0.960. The molecule has 1 heterocycles. The molecule has 1 aliphatic heterocycles. The van der Waals surface area contributed by atoms with Crippen LogP contribution >= 0.6 is 0 Å². The zero-order chi connectivity index (χ0) is 5.11. The van der Waals surface area contributed by atoms with Crippen LogP contribution in [0.2, 0.25) is 0 Å². The second-order valence-corrected chi connectivity index (χ2v) is 2.13. The van der Waals surface area contributed by atoms with Crippen molar-refractivity contribution >= 4 is 0 Å². The standard InChI is InChI=1S/C5H11NO/c7-6-4-2-1-3-5-6/h7H,1-5H2/p+1. The maximum atomic E-state index is 8.83. The van der Waals surface area contributed by atoms with Gasteiger partial charge in [0.2, 0.25) is 0 Å². The Bertz CT molecular complexity index is 50.0. The predicted octanol–water partition coefficient (Wildman–Crippen LogP) is -0.556. The van der Waals surface area contributed by atoms with Crippen molar-refractivity contribution in [2.75, 3.05) is 13.1 Å². The highest BCUT2D eigenvalue weighted by molar-refractivity contribution is 4.41. The van der Waals surface area contributed by atoms with Gasteiger partial charge < -0.3 is 0 Å². The van der Waals surface area contributed by atoms with E-state index in [0.717, 1.165) is 13.1 Å². The van der Waals surface area contributed by atoms with Crippen LogP contribution in [-0.4, -0.2) is 18.3 Å². The van der Waals surface area contributed by atoms with Crippen molar-refractivity contribution in [2.24, 2.45) is 0 Å². The largest absolute Gasteiger partial charge is 0.219 e. The van der Waals surface area contributed by atoms with E-state index in [1.807, 2.05) is 0 Å². The van der Waals surface area contributed by atoms with Gasteiger partial charge in [-0.15, -0.1) is 0 Å². The molecule has 0 unspecified atom stereocenters. The molecule has 0 amide bonds. The number of hydrogen-bond acceptors (Lipinski definition) is 1. The van der Waals surface area contributed by atoms with E-state index in [4.69, 9.17) is 5.21 Å². The molecule has 0 spiro atoms. The van der Waals surface area contributed by atoms with E-state index in [9.17, 15) is 0 Å². The third-order valence-corrected chi connectivity index (χ3v) is 1.43. The Morgan fingerprint density at radius 2 is 1.57 bits per heavy atom. The Morgan fingerprint density at radius 1 is 1.00 bits per heavy atom. The van der Waals surface area contributed by atoms with Crippen molar-refractivity contribution in [3.05, 3.63) is 0 Å². The lowest BCUT2D eigenvalue weighted by Crippen LogP contribution is -3.10. The lowest BCUT2D eigenvalue weighted by molar-refractivity contribution is -1.09. The van der Waals surface area contributed by atoms with Gasteiger partial charge in [-0.25, -0.2) is 5.21 Å². The van der Waals surface area contributed by atoms with Crippen LogP contribution in [0.5, 0.6) is 0 Å². The molecule has 1 aliphatic rings. The molecule has 0 aromatic carbocycles. The van der Waals surface area contributed by atoms with Gasteiger partial charge in [-0.05, 0) is 19.3 Å². The molecule has 0 saturated carbocycles. The Kier molecular flexibility index (Phi) is 1.65. The average Bonchev–Trinajstić information content (AvgIpc) is 1.69. The second-order valence-electron chi connectivity index (χ2n) is 2.13. The smallest absolute Gasteiger partial charge is 0.107 e. The normalized spacial score (nSPS) is 25.3. The maximum Gasteiger partial charge on any atom is 0.107 e. The summed E-state index contributed by atoms with van der Waals surface area (Å²) in [4.78, 5) is 0. The summed E-state index contributed by atoms with van der Waals surface area (Å²) in [5.74, 6) is 0. The van der Waals surface area contributed by atoms with Gasteiger partial charge in [-0.2, -0.15) is 5.06 Å². The first-order valence-electron chi connectivity index (χ1n) is 2.93. The summed E-state index contributed by atoms with van der Waals surface area (Å²) >= 11 is 0. The molecular formula is C5H12NO+. The van der Waals surface area contributed by atoms with E-state index in [-0.39, 0.29) is 0 Å². The van der Waals surface area contributed by atoms with Crippen molar-refractivity contribution in [1.82, 2.24) is 0 Å². The molecule has 2 nitrogen and oxygen atoms in total. The molecular weight excluding hydrogens is 90.1 g/mol. The van der Waals surface area contributed by atoms with Crippen LogP contribution in [-0.2, 0) is 0 Å². The van der Waals surface area contributed by atoms with Crippen molar-refractivity contribution in [3.63, 3.8) is 0 Å². The van der Waals surface area contributed by atoms with Crippen molar-refractivity contribution < 1.29 is 10.3 Å². The Balaban J connectivity index is 2.12. The first-order chi connectivity index (χ1) is 3.39. The van der Waals surface area contributed by atoms with Gasteiger partial charge in [0, 0.05) is 0 Å². The maximum absolute atomic E-state index is 8.83. The molecule has 1 rings (SSSR count). The van der Waals surface area contributed by atoms with Gasteiger partial charge >= 0.3 is 0 Å². The molecule has 1 fully saturated rings. The summed E-state index contributed by atoms with van der Waals surface area (Å²) in [6, 6.07) is 0. The predicted molar refractivity (Wildman–Crippen MR) is 26.3 cm³/mol. The minimum Gasteiger partial charge on any atom is -0.219 e. The zero-order valence-corrected chi connectivity index (χ0v) is 4.48. The topological polar surface area (TPSA) is 24.7 Å². The van der Waals surface area contributed by atoms with E-state index in [0.29, 0.717) is 5.06 Å². The zero-order valence-electron chi connectivity index (χ0n) is 4.48. The molecule has 0 aromatic heterocycles. The van der Waals surface area contributed by atoms with E-state index in [2.05, 4.69) is 0 Å². The summed E-state index contributed by atoms with van der Waals surface area (Å²) in [6.07, 6.45) is 3.71. The molecule has 0 aliphatic carbocycles. The molecule has 2 heteroatoms. The summed E-state index contributed by atoms with van der Waals surface area (Å²) in [7, 11) is 0. The second kappa shape index (κ2) is 2.28. The lowest BCUT2D eigenvalue weighted by atomic mass is 10.2. The van der Waals surface area contributed by atoms with Gasteiger partial charge in [0.05, 0.1) is 0 Å². The van der Waals surface area contributed by atoms with E-state index >= 15 is 0 Å². The van der Waals surface area contributed by atoms with Crippen LogP contribution in [0.15, 0.2) is 0 Å². The third kappa shape index (κ3) is 1.45. The highest BCUT2D eigenvalue weighted by Crippen LogP contribution is 1.92. The van der Waals surface area contributed by atoms with E-state index in [1.54, 1.807) is 0 Å². The molecule has 1 saturated heterocycles. The van der Waals surface area contributed by atoms with Gasteiger partial charge in [0.15, 0.2) is 0 Å². The van der Waals surface area contributed by atoms with Crippen LogP contribution in [0.1, 0.15) is 19.3 Å². The molecule has 0 aromatic rings. The number of rotatable bonds is 0. The first kappa shape index (κ1) is 5.06. The quantitative estimate of drug-likeness (QED) is 0.421. The first-order valence-corrected chi connectivity index (χ1v) is 2.93. The van der Waals surface area contributed by atoms with Gasteiger partial charge in [-0.3, -0.25) is 0 Å². The summed E-state index contributed by atoms with van der Waals surface area (Å²) in [5, 5.41) is 9.54. The highest BCUT2D eigenvalue weighted by atomic mass is 16.5. The molecule has 42 valence electrons. The molecule has 2 N–H and O–H groups in total. The highest BCUT2D eigenvalue weighted by Gasteiger charge is 2.08. The molecule has 0 atom stereocenters. The number of piperidine rings is 1. The van der Waals surface area contributed by atoms with Crippen LogP contribution in [0.25, 0.3) is 0 Å². The van der Waals surface area contributed by atoms with E-state index < -0.39 is 0 Å². The molecule has 0 radical (unpaired) electrons. The van der Waals surface area contributed by atoms with Gasteiger partial charge in [0.1, 0.15) is 13.1 Å². The van der Waals surface area contributed by atoms with Gasteiger partial charge in [-0.1, -0.05) is 0 Å². The number of hydroxylamine groups is 2. The van der Waals surface area contributed by atoms with Crippen LogP contribution in [0, 0.1) is 0 Å². The Hall–Kier alpha value is -0.0800. The summed E-state index contributed by atoms with van der Waals surface area (Å²) in [6.45, 7) is 1.92. The average molecular weight is 102 g/mol. The van der Waals surface area contributed by atoms with Crippen LogP contribution < -0.4 is 5.06 Å². The number of quaternary nitrogens is 1. The third-order valence-electron chi connectivity index (χ3n) is 1.43. The van der Waals surface area contributed by atoms with Gasteiger partial charge in [0.25, 0.3) is 0 Å². The van der Waals surface area contributed by atoms with Crippen LogP contribution in [0.4, 0.5) is 0 Å². The SMILES string of the molecule is O[NH+]1CCCCC1. The Morgan fingerprint density at radius 3 is 1.86 bits per heavy atom. The number of hydrogen-bond donors (Lipinski definition) is 2. The summed E-state index contributed by atoms with van der Waals surface area (Å²) in [5.41, 5.74) is 0. The lowest BCUT2D eigenvalue weighted by Gasteiger charge is -2.14. The molecule has 0 bridgehead atoms. The van der Waals surface area contributed by atoms with Crippen molar-refractivity contribution in [3.8, 4) is 0 Å². The molecule has 7 heavy (non-hydrogen) atoms. The monoisotopic (exact) mass is 102 g/mol. The fourth-order valence-electron chi connectivity index (χ4n) is 0.960. The van der Waals surface area contributed by atoms with Crippen molar-refractivity contribution in [2.45, 2.75) is 19.3 Å². The fraction of sp³-hybridized carbons (Fsp3) is 1.00. The Labute approximate surface area is 43.7 Å². The van der Waals surface area contributed by atoms with Crippen molar-refractivity contribution in [1.29, 1.82) is 0 Å². The van der Waals surface area contributed by atoms with E-state index in [1.165, 1.54) is 19.3 Å². The minimum absolute atomic E-state index is 0.714. The number of nitrogens with one attached hydrogen (secondary N) is 1. The summed E-state index contributed by atoms with van der Waals surface area (Å²) < 4.78 is 0. The van der Waals surface area contributed by atoms with Crippen LogP contribution in [0.3, 0.4) is 0 Å².